The standard InChI is InChI=1S/C17H23NO6S/c1-11-5-6-13(9-15(11)23-4)17(20)24-12(2)16(19)18(3)14-7-8-25(21,22)10-14/h5-6,9,12,14H,7-8,10H2,1-4H3/t12-,14+/m1/s1. The Labute approximate surface area is 147 Å². The zero-order valence-corrected chi connectivity index (χ0v) is 15.6. The van der Waals surface area contributed by atoms with E-state index in [2.05, 4.69) is 0 Å². The van der Waals surface area contributed by atoms with Crippen molar-refractivity contribution in [2.75, 3.05) is 25.7 Å². The van der Waals surface area contributed by atoms with Gasteiger partial charge in [-0.2, -0.15) is 0 Å². The Hall–Kier alpha value is -2.09. The molecular weight excluding hydrogens is 346 g/mol. The lowest BCUT2D eigenvalue weighted by Gasteiger charge is -2.26. The summed E-state index contributed by atoms with van der Waals surface area (Å²) in [6.45, 7) is 3.33. The zero-order valence-electron chi connectivity index (χ0n) is 14.8. The molecule has 0 bridgehead atoms. The smallest absolute Gasteiger partial charge is 0.339 e. The van der Waals surface area contributed by atoms with Gasteiger partial charge in [-0.3, -0.25) is 4.79 Å². The minimum absolute atomic E-state index is 0.0505. The van der Waals surface area contributed by atoms with E-state index in [1.807, 2.05) is 6.92 Å². The van der Waals surface area contributed by atoms with Gasteiger partial charge >= 0.3 is 5.97 Å². The molecule has 1 aliphatic heterocycles. The number of carbonyl (C=O) groups excluding carboxylic acids is 2. The predicted molar refractivity (Wildman–Crippen MR) is 92.4 cm³/mol. The highest BCUT2D eigenvalue weighted by Crippen LogP contribution is 2.21. The van der Waals surface area contributed by atoms with Gasteiger partial charge in [-0.1, -0.05) is 6.07 Å². The molecule has 1 heterocycles. The molecule has 0 unspecified atom stereocenters. The minimum atomic E-state index is -3.09. The van der Waals surface area contributed by atoms with Crippen LogP contribution in [0.15, 0.2) is 18.2 Å². The molecule has 0 spiro atoms. The first kappa shape index (κ1) is 19.2. The molecular formula is C17H23NO6S. The average molecular weight is 369 g/mol. The van der Waals surface area contributed by atoms with Gasteiger partial charge in [-0.15, -0.1) is 0 Å². The molecule has 8 heteroatoms. The normalized spacial score (nSPS) is 19.9. The number of sulfone groups is 1. The van der Waals surface area contributed by atoms with E-state index in [0.717, 1.165) is 5.56 Å². The second kappa shape index (κ2) is 7.43. The van der Waals surface area contributed by atoms with Crippen LogP contribution < -0.4 is 4.74 Å². The Morgan fingerprint density at radius 2 is 2.00 bits per heavy atom. The molecule has 1 aromatic rings. The first-order chi connectivity index (χ1) is 11.6. The zero-order chi connectivity index (χ0) is 18.8. The first-order valence-corrected chi connectivity index (χ1v) is 9.79. The third-order valence-corrected chi connectivity index (χ3v) is 6.13. The van der Waals surface area contributed by atoms with E-state index >= 15 is 0 Å². The summed E-state index contributed by atoms with van der Waals surface area (Å²) in [4.78, 5) is 26.0. The number of hydrogen-bond donors (Lipinski definition) is 0. The van der Waals surface area contributed by atoms with Crippen molar-refractivity contribution in [2.24, 2.45) is 0 Å². The molecule has 25 heavy (non-hydrogen) atoms. The summed E-state index contributed by atoms with van der Waals surface area (Å²) in [6, 6.07) is 4.52. The summed E-state index contributed by atoms with van der Waals surface area (Å²) >= 11 is 0. The monoisotopic (exact) mass is 369 g/mol. The summed E-state index contributed by atoms with van der Waals surface area (Å²) in [5.41, 5.74) is 1.17. The van der Waals surface area contributed by atoms with Crippen molar-refractivity contribution in [3.8, 4) is 5.75 Å². The van der Waals surface area contributed by atoms with E-state index in [9.17, 15) is 18.0 Å². The van der Waals surface area contributed by atoms with Crippen LogP contribution in [0, 0.1) is 6.92 Å². The van der Waals surface area contributed by atoms with Crippen LogP contribution >= 0.6 is 0 Å². The summed E-state index contributed by atoms with van der Waals surface area (Å²) in [6.07, 6.45) is -0.603. The molecule has 1 aliphatic rings. The van der Waals surface area contributed by atoms with Crippen LogP contribution in [0.2, 0.25) is 0 Å². The maximum absolute atomic E-state index is 12.4. The Morgan fingerprint density at radius 3 is 2.56 bits per heavy atom. The number of amides is 1. The summed E-state index contributed by atoms with van der Waals surface area (Å²) in [7, 11) is -0.0501. The van der Waals surface area contributed by atoms with Crippen molar-refractivity contribution in [1.82, 2.24) is 4.90 Å². The van der Waals surface area contributed by atoms with Gasteiger partial charge in [-0.25, -0.2) is 13.2 Å². The predicted octanol–water partition coefficient (Wildman–Crippen LogP) is 1.19. The third kappa shape index (κ3) is 4.50. The van der Waals surface area contributed by atoms with Crippen molar-refractivity contribution in [1.29, 1.82) is 0 Å². The van der Waals surface area contributed by atoms with Crippen molar-refractivity contribution >= 4 is 21.7 Å². The fraction of sp³-hybridized carbons (Fsp3) is 0.529. The van der Waals surface area contributed by atoms with Crippen molar-refractivity contribution in [2.45, 2.75) is 32.4 Å². The Bertz CT molecular complexity index is 773. The lowest BCUT2D eigenvalue weighted by molar-refractivity contribution is -0.140. The second-order valence-corrected chi connectivity index (χ2v) is 8.47. The molecule has 2 atom stereocenters. The Balaban J connectivity index is 2.02. The van der Waals surface area contributed by atoms with Gasteiger partial charge in [-0.05, 0) is 38.0 Å². The van der Waals surface area contributed by atoms with Crippen molar-refractivity contribution in [3.63, 3.8) is 0 Å². The summed E-state index contributed by atoms with van der Waals surface area (Å²) < 4.78 is 33.5. The van der Waals surface area contributed by atoms with E-state index in [1.54, 1.807) is 18.2 Å². The summed E-state index contributed by atoms with van der Waals surface area (Å²) in [5, 5.41) is 0. The van der Waals surface area contributed by atoms with Crippen LogP contribution in [0.3, 0.4) is 0 Å². The molecule has 1 aromatic carbocycles. The molecule has 138 valence electrons. The molecule has 7 nitrogen and oxygen atoms in total. The molecule has 0 aromatic heterocycles. The second-order valence-electron chi connectivity index (χ2n) is 6.24. The maximum Gasteiger partial charge on any atom is 0.339 e. The number of nitrogens with zero attached hydrogens (tertiary/aromatic N) is 1. The number of likely N-dealkylation sites (N-methyl/N-ethyl adjacent to an activating group) is 1. The number of methoxy groups -OCH3 is 1. The first-order valence-electron chi connectivity index (χ1n) is 7.97. The number of ether oxygens (including phenoxy) is 2. The molecule has 0 radical (unpaired) electrons. The Kier molecular flexibility index (Phi) is 5.72. The molecule has 0 aliphatic carbocycles. The van der Waals surface area contributed by atoms with Crippen LogP contribution in [0.4, 0.5) is 0 Å². The highest BCUT2D eigenvalue weighted by atomic mass is 32.2. The molecule has 0 N–H and O–H groups in total. The number of benzene rings is 1. The SMILES string of the molecule is COc1cc(C(=O)O[C@H](C)C(=O)N(C)[C@H]2CCS(=O)(=O)C2)ccc1C. The molecule has 0 saturated carbocycles. The quantitative estimate of drug-likeness (QED) is 0.725. The number of rotatable bonds is 5. The lowest BCUT2D eigenvalue weighted by Crippen LogP contribution is -2.44. The average Bonchev–Trinajstić information content (AvgIpc) is 2.93. The van der Waals surface area contributed by atoms with E-state index in [0.29, 0.717) is 12.2 Å². The lowest BCUT2D eigenvalue weighted by atomic mass is 10.1. The van der Waals surface area contributed by atoms with E-state index < -0.39 is 27.8 Å². The fourth-order valence-corrected chi connectivity index (χ4v) is 4.55. The molecule has 1 fully saturated rings. The van der Waals surface area contributed by atoms with Crippen LogP contribution in [-0.2, 0) is 19.4 Å². The number of carbonyl (C=O) groups is 2. The van der Waals surface area contributed by atoms with Gasteiger partial charge in [0.1, 0.15) is 5.75 Å². The topological polar surface area (TPSA) is 90.0 Å². The largest absolute Gasteiger partial charge is 0.496 e. The highest BCUT2D eigenvalue weighted by molar-refractivity contribution is 7.91. The fourth-order valence-electron chi connectivity index (χ4n) is 2.77. The van der Waals surface area contributed by atoms with Crippen LogP contribution in [0.5, 0.6) is 5.75 Å². The van der Waals surface area contributed by atoms with Gasteiger partial charge in [0.05, 0.1) is 24.2 Å². The van der Waals surface area contributed by atoms with Crippen molar-refractivity contribution in [3.05, 3.63) is 29.3 Å². The van der Waals surface area contributed by atoms with Gasteiger partial charge in [0.15, 0.2) is 15.9 Å². The van der Waals surface area contributed by atoms with Crippen LogP contribution in [0.1, 0.15) is 29.3 Å². The number of hydrogen-bond acceptors (Lipinski definition) is 6. The molecule has 1 amide bonds. The van der Waals surface area contributed by atoms with Gasteiger partial charge in [0.2, 0.25) is 0 Å². The maximum atomic E-state index is 12.4. The van der Waals surface area contributed by atoms with Gasteiger partial charge < -0.3 is 14.4 Å². The number of aryl methyl sites for hydroxylation is 1. The van der Waals surface area contributed by atoms with E-state index in [-0.39, 0.29) is 23.1 Å². The Morgan fingerprint density at radius 1 is 1.32 bits per heavy atom. The molecule has 2 rings (SSSR count). The van der Waals surface area contributed by atoms with Crippen molar-refractivity contribution < 1.29 is 27.5 Å². The van der Waals surface area contributed by atoms with Crippen LogP contribution in [-0.4, -0.2) is 63.0 Å². The van der Waals surface area contributed by atoms with E-state index in [4.69, 9.17) is 9.47 Å². The van der Waals surface area contributed by atoms with Gasteiger partial charge in [0, 0.05) is 13.1 Å². The minimum Gasteiger partial charge on any atom is -0.496 e. The van der Waals surface area contributed by atoms with Crippen LogP contribution in [0.25, 0.3) is 0 Å². The number of esters is 1. The molecule has 1 saturated heterocycles. The third-order valence-electron chi connectivity index (χ3n) is 4.38. The summed E-state index contributed by atoms with van der Waals surface area (Å²) in [5.74, 6) is -0.472. The highest BCUT2D eigenvalue weighted by Gasteiger charge is 2.35. The van der Waals surface area contributed by atoms with E-state index in [1.165, 1.54) is 26.0 Å². The van der Waals surface area contributed by atoms with Gasteiger partial charge in [0.25, 0.3) is 5.91 Å².